The van der Waals surface area contributed by atoms with Crippen molar-refractivity contribution in [2.75, 3.05) is 19.7 Å². The number of fused-ring (bicyclic) bond motifs is 1. The SMILES string of the molecule is O=C(CCn1nnc2ccccc21)N1CCOC(Cn2ccnc2)C1. The minimum Gasteiger partial charge on any atom is -0.373 e. The quantitative estimate of drug-likeness (QED) is 0.691. The van der Waals surface area contributed by atoms with E-state index in [9.17, 15) is 4.79 Å². The van der Waals surface area contributed by atoms with Gasteiger partial charge in [-0.15, -0.1) is 5.10 Å². The van der Waals surface area contributed by atoms with Crippen LogP contribution in [0.1, 0.15) is 6.42 Å². The molecule has 0 spiro atoms. The predicted octanol–water partition coefficient (Wildman–Crippen LogP) is 0.945. The molecule has 0 radical (unpaired) electrons. The van der Waals surface area contributed by atoms with E-state index in [4.69, 9.17) is 4.74 Å². The van der Waals surface area contributed by atoms with Crippen molar-refractivity contribution in [3.8, 4) is 0 Å². The molecule has 1 aliphatic heterocycles. The summed E-state index contributed by atoms with van der Waals surface area (Å²) in [5.74, 6) is 0.124. The van der Waals surface area contributed by atoms with Crippen molar-refractivity contribution < 1.29 is 9.53 Å². The fourth-order valence-corrected chi connectivity index (χ4v) is 3.13. The Balaban J connectivity index is 1.34. The Morgan fingerprint density at radius 3 is 3.12 bits per heavy atom. The Hall–Kier alpha value is -2.74. The average molecular weight is 340 g/mol. The lowest BCUT2D eigenvalue weighted by atomic mass is 10.2. The molecule has 0 aliphatic carbocycles. The largest absolute Gasteiger partial charge is 0.373 e. The minimum absolute atomic E-state index is 0.000833. The molecule has 1 fully saturated rings. The van der Waals surface area contributed by atoms with Crippen LogP contribution in [0, 0.1) is 0 Å². The number of rotatable bonds is 5. The molecule has 1 aliphatic rings. The summed E-state index contributed by atoms with van der Waals surface area (Å²) in [5.41, 5.74) is 1.80. The Labute approximate surface area is 145 Å². The highest BCUT2D eigenvalue weighted by Gasteiger charge is 2.24. The van der Waals surface area contributed by atoms with E-state index in [0.717, 1.165) is 11.0 Å². The standard InChI is InChI=1S/C17H20N6O2/c24-17(5-7-23-16-4-2-1-3-15(16)19-20-23)22-9-10-25-14(12-22)11-21-8-6-18-13-21/h1-4,6,8,13-14H,5,7,9-12H2. The van der Waals surface area contributed by atoms with Crippen molar-refractivity contribution in [2.24, 2.45) is 0 Å². The Morgan fingerprint density at radius 1 is 1.32 bits per heavy atom. The van der Waals surface area contributed by atoms with Crippen LogP contribution in [0.4, 0.5) is 0 Å². The van der Waals surface area contributed by atoms with E-state index in [0.29, 0.717) is 39.2 Å². The van der Waals surface area contributed by atoms with Gasteiger partial charge in [0.25, 0.3) is 0 Å². The van der Waals surface area contributed by atoms with E-state index < -0.39 is 0 Å². The molecule has 1 saturated heterocycles. The second-order valence-electron chi connectivity index (χ2n) is 6.14. The van der Waals surface area contributed by atoms with E-state index in [1.165, 1.54) is 0 Å². The van der Waals surface area contributed by atoms with E-state index in [1.807, 2.05) is 39.9 Å². The van der Waals surface area contributed by atoms with E-state index in [2.05, 4.69) is 15.3 Å². The summed E-state index contributed by atoms with van der Waals surface area (Å²) in [4.78, 5) is 18.5. The van der Waals surface area contributed by atoms with Crippen LogP contribution in [0.2, 0.25) is 0 Å². The fourth-order valence-electron chi connectivity index (χ4n) is 3.13. The summed E-state index contributed by atoms with van der Waals surface area (Å²) < 4.78 is 9.53. The zero-order chi connectivity index (χ0) is 17.1. The Morgan fingerprint density at radius 2 is 2.24 bits per heavy atom. The molecule has 3 aromatic rings. The van der Waals surface area contributed by atoms with Crippen LogP contribution in [0.25, 0.3) is 11.0 Å². The van der Waals surface area contributed by atoms with Crippen molar-refractivity contribution in [1.82, 2.24) is 29.4 Å². The number of nitrogens with zero attached hydrogens (tertiary/aromatic N) is 6. The number of carbonyl (C=O) groups is 1. The molecule has 0 N–H and O–H groups in total. The highest BCUT2D eigenvalue weighted by atomic mass is 16.5. The first kappa shape index (κ1) is 15.8. The van der Waals surface area contributed by atoms with Crippen LogP contribution in [-0.4, -0.2) is 61.2 Å². The first-order valence-corrected chi connectivity index (χ1v) is 8.43. The molecule has 1 aromatic carbocycles. The number of carbonyl (C=O) groups excluding carboxylic acids is 1. The zero-order valence-corrected chi connectivity index (χ0v) is 13.9. The van der Waals surface area contributed by atoms with Gasteiger partial charge in [0.2, 0.25) is 5.91 Å². The van der Waals surface area contributed by atoms with Crippen LogP contribution in [0.15, 0.2) is 43.0 Å². The fraction of sp³-hybridized carbons (Fsp3) is 0.412. The monoisotopic (exact) mass is 340 g/mol. The molecule has 0 bridgehead atoms. The van der Waals surface area contributed by atoms with Crippen LogP contribution in [-0.2, 0) is 22.6 Å². The normalized spacial score (nSPS) is 17.9. The second-order valence-corrected chi connectivity index (χ2v) is 6.14. The maximum Gasteiger partial charge on any atom is 0.224 e. The van der Waals surface area contributed by atoms with E-state index in [1.54, 1.807) is 17.2 Å². The van der Waals surface area contributed by atoms with Gasteiger partial charge in [0.05, 0.1) is 37.6 Å². The first-order chi connectivity index (χ1) is 12.3. The number of aromatic nitrogens is 5. The predicted molar refractivity (Wildman–Crippen MR) is 90.7 cm³/mol. The van der Waals surface area contributed by atoms with Gasteiger partial charge in [-0.3, -0.25) is 4.79 Å². The van der Waals surface area contributed by atoms with Crippen molar-refractivity contribution in [3.05, 3.63) is 43.0 Å². The highest BCUT2D eigenvalue weighted by Crippen LogP contribution is 2.12. The number of benzene rings is 1. The summed E-state index contributed by atoms with van der Waals surface area (Å²) in [6.07, 6.45) is 5.82. The first-order valence-electron chi connectivity index (χ1n) is 8.43. The highest BCUT2D eigenvalue weighted by molar-refractivity contribution is 5.77. The summed E-state index contributed by atoms with van der Waals surface area (Å²) in [7, 11) is 0. The summed E-state index contributed by atoms with van der Waals surface area (Å²) in [5, 5.41) is 8.26. The maximum atomic E-state index is 12.6. The van der Waals surface area contributed by atoms with Crippen molar-refractivity contribution >= 4 is 16.9 Å². The lowest BCUT2D eigenvalue weighted by Crippen LogP contribution is -2.47. The second kappa shape index (κ2) is 7.02. The molecule has 0 saturated carbocycles. The Bertz CT molecular complexity index is 844. The van der Waals surface area contributed by atoms with Gasteiger partial charge in [0.15, 0.2) is 0 Å². The lowest BCUT2D eigenvalue weighted by molar-refractivity contribution is -0.139. The van der Waals surface area contributed by atoms with Gasteiger partial charge in [-0.25, -0.2) is 9.67 Å². The number of para-hydroxylation sites is 1. The van der Waals surface area contributed by atoms with Gasteiger partial charge in [0, 0.05) is 31.9 Å². The van der Waals surface area contributed by atoms with Gasteiger partial charge in [-0.2, -0.15) is 0 Å². The number of amides is 1. The molecule has 8 nitrogen and oxygen atoms in total. The van der Waals surface area contributed by atoms with Gasteiger partial charge >= 0.3 is 0 Å². The molecule has 3 heterocycles. The number of morpholine rings is 1. The third-order valence-corrected chi connectivity index (χ3v) is 4.42. The van der Waals surface area contributed by atoms with Gasteiger partial charge < -0.3 is 14.2 Å². The minimum atomic E-state index is -0.000833. The van der Waals surface area contributed by atoms with Crippen LogP contribution >= 0.6 is 0 Å². The van der Waals surface area contributed by atoms with Crippen molar-refractivity contribution in [2.45, 2.75) is 25.6 Å². The van der Waals surface area contributed by atoms with E-state index in [-0.39, 0.29) is 12.0 Å². The number of ether oxygens (including phenoxy) is 1. The Kier molecular flexibility index (Phi) is 4.43. The molecule has 2 aromatic heterocycles. The van der Waals surface area contributed by atoms with Gasteiger partial charge in [-0.1, -0.05) is 17.3 Å². The molecule has 1 unspecified atom stereocenters. The van der Waals surface area contributed by atoms with Gasteiger partial charge in [-0.05, 0) is 12.1 Å². The third-order valence-electron chi connectivity index (χ3n) is 4.42. The molecular weight excluding hydrogens is 320 g/mol. The number of aryl methyl sites for hydroxylation is 1. The smallest absolute Gasteiger partial charge is 0.224 e. The maximum absolute atomic E-state index is 12.6. The molecule has 130 valence electrons. The van der Waals surface area contributed by atoms with Crippen molar-refractivity contribution in [1.29, 1.82) is 0 Å². The number of hydrogen-bond donors (Lipinski definition) is 0. The molecule has 8 heteroatoms. The third kappa shape index (κ3) is 3.53. The molecule has 25 heavy (non-hydrogen) atoms. The van der Waals surface area contributed by atoms with Crippen LogP contribution in [0.5, 0.6) is 0 Å². The average Bonchev–Trinajstić information content (AvgIpc) is 3.30. The zero-order valence-electron chi connectivity index (χ0n) is 13.9. The number of hydrogen-bond acceptors (Lipinski definition) is 5. The van der Waals surface area contributed by atoms with Gasteiger partial charge in [0.1, 0.15) is 5.52 Å². The number of imidazole rings is 1. The van der Waals surface area contributed by atoms with Crippen molar-refractivity contribution in [3.63, 3.8) is 0 Å². The van der Waals surface area contributed by atoms with E-state index >= 15 is 0 Å². The lowest BCUT2D eigenvalue weighted by Gasteiger charge is -2.33. The summed E-state index contributed by atoms with van der Waals surface area (Å²) >= 11 is 0. The molecule has 1 amide bonds. The van der Waals surface area contributed by atoms with Crippen LogP contribution in [0.3, 0.4) is 0 Å². The molecule has 1 atom stereocenters. The van der Waals surface area contributed by atoms with Crippen LogP contribution < -0.4 is 0 Å². The summed E-state index contributed by atoms with van der Waals surface area (Å²) in [6, 6.07) is 7.77. The summed E-state index contributed by atoms with van der Waals surface area (Å²) in [6.45, 7) is 3.05. The molecular formula is C17H20N6O2. The molecule has 4 rings (SSSR count). The topological polar surface area (TPSA) is 78.1 Å².